The number of benzene rings is 4. The van der Waals surface area contributed by atoms with Gasteiger partial charge < -0.3 is 124 Å². The average Bonchev–Trinajstić information content (AvgIpc) is 2.98. The molecule has 0 aromatic heterocycles. The van der Waals surface area contributed by atoms with Crippen LogP contribution in [0.2, 0.25) is 0 Å². The van der Waals surface area contributed by atoms with Crippen molar-refractivity contribution in [2.24, 2.45) is 0 Å². The van der Waals surface area contributed by atoms with Crippen molar-refractivity contribution in [2.45, 2.75) is 105 Å². The molecule has 0 amide bonds. The van der Waals surface area contributed by atoms with E-state index in [4.69, 9.17) is 52.5 Å². The van der Waals surface area contributed by atoms with Gasteiger partial charge in [0, 0.05) is 24.3 Å². The first-order valence-electron chi connectivity index (χ1n) is 25.0. The zero-order chi connectivity index (χ0) is 60.0. The molecule has 0 saturated carbocycles. The molecule has 8 rings (SSSR count). The first-order chi connectivity index (χ1) is 39.4. The van der Waals surface area contributed by atoms with Crippen LogP contribution in [0.1, 0.15) is 34.8 Å². The molecular weight excluding hydrogens is 1110 g/mol. The van der Waals surface area contributed by atoms with Gasteiger partial charge in [-0.1, -0.05) is 12.1 Å². The van der Waals surface area contributed by atoms with E-state index in [1.807, 2.05) is 0 Å². The molecule has 4 aliphatic rings. The minimum atomic E-state index is -2.17. The van der Waals surface area contributed by atoms with Gasteiger partial charge in [0.25, 0.3) is 11.9 Å². The lowest BCUT2D eigenvalue weighted by atomic mass is 9.97. The van der Waals surface area contributed by atoms with Crippen LogP contribution in [0.4, 0.5) is 0 Å². The first-order valence-corrected chi connectivity index (χ1v) is 25.0. The Morgan fingerprint density at radius 2 is 1.02 bits per heavy atom. The van der Waals surface area contributed by atoms with Crippen molar-refractivity contribution in [3.05, 3.63) is 113 Å². The number of aliphatic carboxylic acids is 1. The Hall–Kier alpha value is -8.30. The zero-order valence-corrected chi connectivity index (χ0v) is 42.8. The van der Waals surface area contributed by atoms with Crippen molar-refractivity contribution in [2.75, 3.05) is 19.8 Å². The van der Waals surface area contributed by atoms with E-state index in [0.717, 1.165) is 42.5 Å². The van der Waals surface area contributed by atoms with E-state index in [1.165, 1.54) is 60.7 Å². The van der Waals surface area contributed by atoms with Crippen LogP contribution in [0, 0.1) is 0 Å². The van der Waals surface area contributed by atoms with Crippen LogP contribution in [-0.4, -0.2) is 217 Å². The molecule has 29 nitrogen and oxygen atoms in total. The minimum Gasteiger partial charge on any atom is -0.571 e. The van der Waals surface area contributed by atoms with Crippen LogP contribution < -0.4 is 4.74 Å². The number of carboxylic acid groups (broad SMARTS) is 1. The number of phenolic OH excluding ortho intramolecular Hbond substituents is 6. The standard InChI is InChI=1S/C54H56O29/c55-25-7-5-24(6-8-25)50-34(17-27-32(77-50)15-26(56)16-33(27)78-52-48(72)45(69)43(67)36(80-52)21-76-41(65)18-38(61)62)79-54-51(47(71)44(68)37(82-54)20-75-40(64)12-4-23-2-10-29(58)31(60)14-23)83-53-49(73)46(70)42(66)35(81-53)19-74-39(63)11-3-22-1-9-28(57)30(59)13-22/h1-17,35-37,42-60,66-73H,18-21H2,(H,61,62)/p+1. The number of carbonyl (C=O) groups is 4. The van der Waals surface area contributed by atoms with Crippen molar-refractivity contribution >= 4 is 42.1 Å². The molecule has 16 N–H and O–H groups in total. The average molecular weight is 1170 g/mol. The molecule has 16 unspecified atom stereocenters. The Balaban J connectivity index is 1.10. The summed E-state index contributed by atoms with van der Waals surface area (Å²) < 4.78 is 56.3. The largest absolute Gasteiger partial charge is 0.571 e. The van der Waals surface area contributed by atoms with Gasteiger partial charge in [0.2, 0.25) is 12.6 Å². The third-order valence-corrected chi connectivity index (χ3v) is 13.2. The number of carboxylic acids is 1. The van der Waals surface area contributed by atoms with Gasteiger partial charge in [0.1, 0.15) is 116 Å². The lowest BCUT2D eigenvalue weighted by Crippen LogP contribution is -2.64. The van der Waals surface area contributed by atoms with E-state index in [1.54, 1.807) is 0 Å². The van der Waals surface area contributed by atoms with Gasteiger partial charge >= 0.3 is 23.9 Å². The molecule has 4 aromatic rings. The highest BCUT2D eigenvalue weighted by Crippen LogP contribution is 2.47. The number of hydrogen-bond donors (Lipinski definition) is 15. The van der Waals surface area contributed by atoms with Crippen LogP contribution in [0.3, 0.4) is 0 Å². The smallest absolute Gasteiger partial charge is 0.330 e. The van der Waals surface area contributed by atoms with Crippen LogP contribution in [-0.2, 0) is 57.1 Å². The van der Waals surface area contributed by atoms with Crippen molar-refractivity contribution in [1.82, 2.24) is 0 Å². The summed E-state index contributed by atoms with van der Waals surface area (Å²) in [7, 11) is 0. The van der Waals surface area contributed by atoms with Gasteiger partial charge in [-0.05, 0) is 71.8 Å². The molecule has 0 aliphatic carbocycles. The van der Waals surface area contributed by atoms with E-state index < -0.39 is 177 Å². The molecule has 0 radical (unpaired) electrons. The summed E-state index contributed by atoms with van der Waals surface area (Å²) in [6.07, 6.45) is -26.4. The number of ether oxygens (including phenoxy) is 10. The summed E-state index contributed by atoms with van der Waals surface area (Å²) in [6, 6.07) is 14.9. The molecule has 0 bridgehead atoms. The number of aliphatic hydroxyl groups is 9. The number of hydrogen-bond acceptors (Lipinski definition) is 27. The molecule has 3 fully saturated rings. The van der Waals surface area contributed by atoms with Gasteiger partial charge in [-0.2, -0.15) is 0 Å². The highest BCUT2D eigenvalue weighted by molar-refractivity contribution is 5.90. The highest BCUT2D eigenvalue weighted by atomic mass is 16.8. The second-order valence-electron chi connectivity index (χ2n) is 19.1. The molecule has 446 valence electrons. The Kier molecular flexibility index (Phi) is 19.3. The SMILES string of the molecule is O=C(O)CC(=O)OCC1OC(Oc2cc(O)cc3c2C=C(OC2OC(COC(=O)C=Cc4ccc(O)c(O)c4)C(O)C(O)C2OC2OC(COC(=O)C=Cc4ccc(O)c(O)c4)C(O)C(O)C2O)C(c2ccc(O)cc2)[OH+]3)C(O)C(O)C1O. The summed E-state index contributed by atoms with van der Waals surface area (Å²) in [5.74, 6) is -8.05. The minimum absolute atomic E-state index is 0.0585. The Morgan fingerprint density at radius 1 is 0.518 bits per heavy atom. The molecule has 4 aliphatic heterocycles. The second kappa shape index (κ2) is 26.3. The summed E-state index contributed by atoms with van der Waals surface area (Å²) in [5, 5.41) is 158. The summed E-state index contributed by atoms with van der Waals surface area (Å²) in [6.45, 7) is -2.45. The normalized spacial score (nSPS) is 29.7. The maximum atomic E-state index is 13.0. The molecule has 4 heterocycles. The molecule has 0 spiro atoms. The third-order valence-electron chi connectivity index (χ3n) is 13.2. The maximum Gasteiger partial charge on any atom is 0.330 e. The highest BCUT2D eigenvalue weighted by Gasteiger charge is 2.53. The van der Waals surface area contributed by atoms with Crippen LogP contribution in [0.25, 0.3) is 18.2 Å². The number of aliphatic hydroxyl groups excluding tert-OH is 8. The van der Waals surface area contributed by atoms with E-state index >= 15 is 0 Å². The lowest BCUT2D eigenvalue weighted by molar-refractivity contribution is -0.364. The van der Waals surface area contributed by atoms with E-state index in [2.05, 4.69) is 0 Å². The predicted molar refractivity (Wildman–Crippen MR) is 272 cm³/mol. The fraction of sp³-hybridized carbons (Fsp3) is 0.370. The van der Waals surface area contributed by atoms with Crippen molar-refractivity contribution in [3.8, 4) is 46.0 Å². The number of fused-ring (bicyclic) bond motifs is 1. The summed E-state index contributed by atoms with van der Waals surface area (Å²) >= 11 is 0. The van der Waals surface area contributed by atoms with Crippen LogP contribution >= 0.6 is 0 Å². The zero-order valence-electron chi connectivity index (χ0n) is 42.8. The van der Waals surface area contributed by atoms with Gasteiger partial charge in [-0.15, -0.1) is 0 Å². The van der Waals surface area contributed by atoms with E-state index in [0.29, 0.717) is 0 Å². The quantitative estimate of drug-likeness (QED) is 0.0129. The molecule has 3 saturated heterocycles. The molecule has 16 atom stereocenters. The molecule has 4 aromatic carbocycles. The van der Waals surface area contributed by atoms with Gasteiger partial charge in [-0.3, -0.25) is 9.59 Å². The van der Waals surface area contributed by atoms with E-state index in [9.17, 15) is 90.7 Å². The summed E-state index contributed by atoms with van der Waals surface area (Å²) in [5.41, 5.74) is 0.700. The van der Waals surface area contributed by atoms with Gasteiger partial charge in [0.15, 0.2) is 41.2 Å². The number of carbonyl (C=O) groups excluding carboxylic acids is 3. The number of phenols is 6. The first kappa shape index (κ1) is 60.8. The fourth-order valence-electron chi connectivity index (χ4n) is 8.77. The van der Waals surface area contributed by atoms with Crippen LogP contribution in [0.15, 0.2) is 90.7 Å². The Morgan fingerprint density at radius 3 is 1.57 bits per heavy atom. The predicted octanol–water partition coefficient (Wildman–Crippen LogP) is -1.37. The lowest BCUT2D eigenvalue weighted by Gasteiger charge is -2.46. The Labute approximate surface area is 467 Å². The van der Waals surface area contributed by atoms with Crippen LogP contribution in [0.5, 0.6) is 46.0 Å². The fourth-order valence-corrected chi connectivity index (χ4v) is 8.77. The second-order valence-corrected chi connectivity index (χ2v) is 19.1. The third kappa shape index (κ3) is 14.7. The maximum absolute atomic E-state index is 13.0. The van der Waals surface area contributed by atoms with E-state index in [-0.39, 0.29) is 45.3 Å². The molecular formula is C54H57O29+. The van der Waals surface area contributed by atoms with Gasteiger partial charge in [0.05, 0.1) is 11.6 Å². The summed E-state index contributed by atoms with van der Waals surface area (Å²) in [4.78, 5) is 48.8. The number of aromatic hydroxyl groups is 7. The van der Waals surface area contributed by atoms with Crippen molar-refractivity contribution < 1.29 is 143 Å². The van der Waals surface area contributed by atoms with Crippen molar-refractivity contribution in [1.29, 1.82) is 0 Å². The number of esters is 3. The van der Waals surface area contributed by atoms with Crippen molar-refractivity contribution in [3.63, 3.8) is 0 Å². The molecule has 29 heteroatoms. The Bertz CT molecular complexity index is 3070. The topological polar surface area (TPSA) is 468 Å². The number of rotatable bonds is 19. The monoisotopic (exact) mass is 1170 g/mol. The molecule has 83 heavy (non-hydrogen) atoms. The van der Waals surface area contributed by atoms with Gasteiger partial charge in [-0.25, -0.2) is 9.59 Å².